The van der Waals surface area contributed by atoms with Crippen molar-refractivity contribution in [2.75, 3.05) is 6.54 Å². The Labute approximate surface area is 139 Å². The molecule has 0 spiro atoms. The van der Waals surface area contributed by atoms with Gasteiger partial charge in [-0.1, -0.05) is 30.3 Å². The van der Waals surface area contributed by atoms with Gasteiger partial charge in [-0.25, -0.2) is 4.98 Å². The summed E-state index contributed by atoms with van der Waals surface area (Å²) in [6, 6.07) is 10.1. The van der Waals surface area contributed by atoms with Crippen LogP contribution in [0.4, 0.5) is 0 Å². The fourth-order valence-electron chi connectivity index (χ4n) is 2.26. The molecule has 1 amide bonds. The molecule has 5 nitrogen and oxygen atoms in total. The molecule has 0 radical (unpaired) electrons. The van der Waals surface area contributed by atoms with E-state index in [9.17, 15) is 4.79 Å². The second-order valence-electron chi connectivity index (χ2n) is 5.28. The average Bonchev–Trinajstić information content (AvgIpc) is 3.16. The summed E-state index contributed by atoms with van der Waals surface area (Å²) in [6.45, 7) is 2.44. The van der Waals surface area contributed by atoms with Gasteiger partial charge in [0.15, 0.2) is 0 Å². The summed E-state index contributed by atoms with van der Waals surface area (Å²) in [5.41, 5.74) is 3.61. The number of amides is 1. The SMILES string of the molecule is Cc1c(C(=O)NCCc2csc(-c3ccccc3)n2)cnn1C. The summed E-state index contributed by atoms with van der Waals surface area (Å²) in [5.74, 6) is -0.0888. The van der Waals surface area contributed by atoms with Crippen LogP contribution in [0.5, 0.6) is 0 Å². The first-order valence-corrected chi connectivity index (χ1v) is 8.29. The summed E-state index contributed by atoms with van der Waals surface area (Å²) >= 11 is 1.63. The van der Waals surface area contributed by atoms with E-state index in [1.807, 2.05) is 37.6 Å². The Bertz CT molecular complexity index is 807. The van der Waals surface area contributed by atoms with E-state index < -0.39 is 0 Å². The van der Waals surface area contributed by atoms with Crippen LogP contribution in [-0.2, 0) is 13.5 Å². The van der Waals surface area contributed by atoms with E-state index in [1.54, 1.807) is 22.2 Å². The number of nitrogens with one attached hydrogen (secondary N) is 1. The van der Waals surface area contributed by atoms with Crippen LogP contribution in [0.2, 0.25) is 0 Å². The van der Waals surface area contributed by atoms with Crippen LogP contribution < -0.4 is 5.32 Å². The Kier molecular flexibility index (Phi) is 4.52. The van der Waals surface area contributed by atoms with E-state index in [0.717, 1.165) is 22.0 Å². The Morgan fingerprint density at radius 1 is 1.30 bits per heavy atom. The molecule has 118 valence electrons. The first-order chi connectivity index (χ1) is 11.1. The van der Waals surface area contributed by atoms with Gasteiger partial charge in [-0.2, -0.15) is 5.10 Å². The quantitative estimate of drug-likeness (QED) is 0.784. The highest BCUT2D eigenvalue weighted by atomic mass is 32.1. The molecule has 3 rings (SSSR count). The van der Waals surface area contributed by atoms with Crippen molar-refractivity contribution in [3.05, 3.63) is 58.9 Å². The Balaban J connectivity index is 1.56. The lowest BCUT2D eigenvalue weighted by atomic mass is 10.2. The standard InChI is InChI=1S/C17H18N4OS/c1-12-15(10-19-21(12)2)16(22)18-9-8-14-11-23-17(20-14)13-6-4-3-5-7-13/h3-7,10-11H,8-9H2,1-2H3,(H,18,22). The summed E-state index contributed by atoms with van der Waals surface area (Å²) in [4.78, 5) is 16.7. The molecule has 2 heterocycles. The molecule has 1 aromatic carbocycles. The number of hydrogen-bond acceptors (Lipinski definition) is 4. The highest BCUT2D eigenvalue weighted by Crippen LogP contribution is 2.23. The number of carbonyl (C=O) groups is 1. The zero-order chi connectivity index (χ0) is 16.2. The molecule has 6 heteroatoms. The van der Waals surface area contributed by atoms with E-state index in [4.69, 9.17) is 0 Å². The van der Waals surface area contributed by atoms with E-state index in [0.29, 0.717) is 18.5 Å². The lowest BCUT2D eigenvalue weighted by Crippen LogP contribution is -2.26. The van der Waals surface area contributed by atoms with E-state index in [2.05, 4.69) is 27.5 Å². The molecule has 0 aliphatic heterocycles. The Morgan fingerprint density at radius 2 is 2.09 bits per heavy atom. The molecular formula is C17H18N4OS. The van der Waals surface area contributed by atoms with Gasteiger partial charge in [-0.05, 0) is 6.92 Å². The molecule has 0 atom stereocenters. The number of carbonyl (C=O) groups excluding carboxylic acids is 1. The number of rotatable bonds is 5. The molecule has 0 saturated carbocycles. The zero-order valence-electron chi connectivity index (χ0n) is 13.1. The molecule has 0 saturated heterocycles. The van der Waals surface area contributed by atoms with Gasteiger partial charge in [0, 0.05) is 36.7 Å². The van der Waals surface area contributed by atoms with Crippen molar-refractivity contribution in [1.29, 1.82) is 0 Å². The van der Waals surface area contributed by atoms with Gasteiger partial charge in [0.05, 0.1) is 17.5 Å². The smallest absolute Gasteiger partial charge is 0.254 e. The van der Waals surface area contributed by atoms with Crippen LogP contribution >= 0.6 is 11.3 Å². The minimum Gasteiger partial charge on any atom is -0.352 e. The maximum Gasteiger partial charge on any atom is 0.254 e. The monoisotopic (exact) mass is 326 g/mol. The van der Waals surface area contributed by atoms with Crippen molar-refractivity contribution >= 4 is 17.2 Å². The molecule has 23 heavy (non-hydrogen) atoms. The van der Waals surface area contributed by atoms with Gasteiger partial charge >= 0.3 is 0 Å². The van der Waals surface area contributed by atoms with Crippen molar-refractivity contribution in [1.82, 2.24) is 20.1 Å². The fourth-order valence-corrected chi connectivity index (χ4v) is 3.12. The van der Waals surface area contributed by atoms with Crippen molar-refractivity contribution in [3.63, 3.8) is 0 Å². The topological polar surface area (TPSA) is 59.8 Å². The predicted octanol–water partition coefficient (Wildman–Crippen LogP) is 2.82. The molecule has 0 aliphatic carbocycles. The third-order valence-corrected chi connectivity index (χ3v) is 4.66. The molecule has 2 aromatic heterocycles. The first-order valence-electron chi connectivity index (χ1n) is 7.42. The second-order valence-corrected chi connectivity index (χ2v) is 6.14. The summed E-state index contributed by atoms with van der Waals surface area (Å²) in [5, 5.41) is 10.1. The van der Waals surface area contributed by atoms with Crippen molar-refractivity contribution in [3.8, 4) is 10.6 Å². The second kappa shape index (κ2) is 6.75. The first kappa shape index (κ1) is 15.4. The summed E-state index contributed by atoms with van der Waals surface area (Å²) in [7, 11) is 1.83. The Hall–Kier alpha value is -2.47. The third kappa shape index (κ3) is 3.48. The largest absolute Gasteiger partial charge is 0.352 e. The maximum atomic E-state index is 12.1. The summed E-state index contributed by atoms with van der Waals surface area (Å²) < 4.78 is 1.70. The fraction of sp³-hybridized carbons (Fsp3) is 0.235. The van der Waals surface area contributed by atoms with Gasteiger partial charge in [-0.15, -0.1) is 11.3 Å². The highest BCUT2D eigenvalue weighted by Gasteiger charge is 2.12. The van der Waals surface area contributed by atoms with Gasteiger partial charge in [0.25, 0.3) is 5.91 Å². The maximum absolute atomic E-state index is 12.1. The van der Waals surface area contributed by atoms with Crippen molar-refractivity contribution in [2.24, 2.45) is 7.05 Å². The highest BCUT2D eigenvalue weighted by molar-refractivity contribution is 7.13. The molecule has 0 aliphatic rings. The van der Waals surface area contributed by atoms with Crippen LogP contribution in [0.3, 0.4) is 0 Å². The molecule has 0 unspecified atom stereocenters. The number of benzene rings is 1. The lowest BCUT2D eigenvalue weighted by molar-refractivity contribution is 0.0953. The normalized spacial score (nSPS) is 10.7. The van der Waals surface area contributed by atoms with Crippen LogP contribution in [0, 0.1) is 6.92 Å². The summed E-state index contributed by atoms with van der Waals surface area (Å²) in [6.07, 6.45) is 2.31. The number of aromatic nitrogens is 3. The lowest BCUT2D eigenvalue weighted by Gasteiger charge is -2.03. The van der Waals surface area contributed by atoms with Gasteiger partial charge < -0.3 is 5.32 Å². The van der Waals surface area contributed by atoms with Crippen LogP contribution in [0.1, 0.15) is 21.7 Å². The molecule has 1 N–H and O–H groups in total. The minimum absolute atomic E-state index is 0.0888. The van der Waals surface area contributed by atoms with Crippen molar-refractivity contribution in [2.45, 2.75) is 13.3 Å². The average molecular weight is 326 g/mol. The predicted molar refractivity (Wildman–Crippen MR) is 91.5 cm³/mol. The molecular weight excluding hydrogens is 308 g/mol. The minimum atomic E-state index is -0.0888. The molecule has 0 fully saturated rings. The number of nitrogens with zero attached hydrogens (tertiary/aromatic N) is 3. The van der Waals surface area contributed by atoms with E-state index >= 15 is 0 Å². The van der Waals surface area contributed by atoms with Crippen LogP contribution in [-0.4, -0.2) is 27.2 Å². The van der Waals surface area contributed by atoms with Crippen molar-refractivity contribution < 1.29 is 4.79 Å². The number of thiazole rings is 1. The van der Waals surface area contributed by atoms with Gasteiger partial charge in [0.1, 0.15) is 5.01 Å². The van der Waals surface area contributed by atoms with Crippen LogP contribution in [0.15, 0.2) is 41.9 Å². The number of hydrogen-bond donors (Lipinski definition) is 1. The molecule has 3 aromatic rings. The van der Waals surface area contributed by atoms with Crippen LogP contribution in [0.25, 0.3) is 10.6 Å². The molecule has 0 bridgehead atoms. The van der Waals surface area contributed by atoms with E-state index in [-0.39, 0.29) is 5.91 Å². The van der Waals surface area contributed by atoms with Gasteiger partial charge in [-0.3, -0.25) is 9.48 Å². The Morgan fingerprint density at radius 3 is 2.78 bits per heavy atom. The third-order valence-electron chi connectivity index (χ3n) is 3.72. The van der Waals surface area contributed by atoms with E-state index in [1.165, 1.54) is 0 Å². The zero-order valence-corrected chi connectivity index (χ0v) is 13.9. The van der Waals surface area contributed by atoms with Gasteiger partial charge in [0.2, 0.25) is 0 Å². The number of aryl methyl sites for hydroxylation is 1.